The van der Waals surface area contributed by atoms with Gasteiger partial charge in [-0.25, -0.2) is 0 Å². The lowest BCUT2D eigenvalue weighted by molar-refractivity contribution is -0.141. The molecule has 1 aromatic carbocycles. The second-order valence-corrected chi connectivity index (χ2v) is 7.42. The molecule has 3 N–H and O–H groups in total. The smallest absolute Gasteiger partial charge is 0.309 e. The summed E-state index contributed by atoms with van der Waals surface area (Å²) in [5.41, 5.74) is -1.24. The second kappa shape index (κ2) is 8.34. The monoisotopic (exact) mass is 441 g/mol. The third-order valence-corrected chi connectivity index (χ3v) is 4.19. The Bertz CT molecular complexity index is 1100. The van der Waals surface area contributed by atoms with Gasteiger partial charge in [-0.15, -0.1) is 0 Å². The summed E-state index contributed by atoms with van der Waals surface area (Å²) in [7, 11) is 1.30. The highest BCUT2D eigenvalue weighted by atomic mass is 35.5. The van der Waals surface area contributed by atoms with Crippen molar-refractivity contribution in [2.24, 2.45) is 18.0 Å². The highest BCUT2D eigenvalue weighted by Crippen LogP contribution is 2.30. The predicted octanol–water partition coefficient (Wildman–Crippen LogP) is 3.82. The van der Waals surface area contributed by atoms with Crippen molar-refractivity contribution >= 4 is 40.2 Å². The number of benzene rings is 1. The van der Waals surface area contributed by atoms with Gasteiger partial charge in [0.2, 0.25) is 5.96 Å². The predicted molar refractivity (Wildman–Crippen MR) is 108 cm³/mol. The molecule has 3 aromatic rings. The summed E-state index contributed by atoms with van der Waals surface area (Å²) < 4.78 is 40.5. The maximum absolute atomic E-state index is 13.2. The molecule has 0 bridgehead atoms. The van der Waals surface area contributed by atoms with E-state index in [1.807, 2.05) is 13.8 Å². The van der Waals surface area contributed by atoms with Crippen LogP contribution in [0.3, 0.4) is 0 Å². The molecule has 30 heavy (non-hydrogen) atoms. The Kier molecular flexibility index (Phi) is 6.01. The lowest BCUT2D eigenvalue weighted by Gasteiger charge is -2.12. The minimum absolute atomic E-state index is 0.0333. The molecule has 0 saturated heterocycles. The van der Waals surface area contributed by atoms with E-state index in [-0.39, 0.29) is 11.9 Å². The largest absolute Gasteiger partial charge is 0.435 e. The molecule has 0 fully saturated rings. The third-order valence-electron chi connectivity index (χ3n) is 3.95. The minimum Gasteiger partial charge on any atom is -0.309 e. The van der Waals surface area contributed by atoms with Crippen molar-refractivity contribution in [3.05, 3.63) is 40.7 Å². The first-order valence-electron chi connectivity index (χ1n) is 8.92. The standard InChI is InChI=1S/C18H19ClF3N7O/c1-9(2)7-23-17(24-15-11-5-4-10(19)6-13(11)26-27-15)25-16(30)12-8-29(3)28-14(12)18(20,21)22/h4-6,8-9H,7H2,1-3H3,(H3,23,24,25,26,27,30). The van der Waals surface area contributed by atoms with Gasteiger partial charge in [-0.1, -0.05) is 25.4 Å². The van der Waals surface area contributed by atoms with E-state index in [4.69, 9.17) is 11.6 Å². The topological polar surface area (TPSA) is 100.0 Å². The molecular formula is C18H19ClF3N7O. The number of aryl methyl sites for hydroxylation is 1. The number of carbonyl (C=O) groups excluding carboxylic acids is 1. The molecule has 2 aromatic heterocycles. The van der Waals surface area contributed by atoms with Gasteiger partial charge in [0, 0.05) is 30.2 Å². The maximum Gasteiger partial charge on any atom is 0.435 e. The van der Waals surface area contributed by atoms with Gasteiger partial charge in [-0.05, 0) is 24.1 Å². The molecule has 2 heterocycles. The van der Waals surface area contributed by atoms with Crippen LogP contribution in [-0.2, 0) is 13.2 Å². The first kappa shape index (κ1) is 21.6. The Hall–Kier alpha value is -3.08. The molecule has 3 rings (SSSR count). The number of aromatic nitrogens is 4. The molecule has 0 atom stereocenters. The highest BCUT2D eigenvalue weighted by Gasteiger charge is 2.39. The fourth-order valence-corrected chi connectivity index (χ4v) is 2.79. The number of nitrogens with zero attached hydrogens (tertiary/aromatic N) is 4. The van der Waals surface area contributed by atoms with Crippen LogP contribution in [0.15, 0.2) is 29.4 Å². The SMILES string of the molecule is CC(C)CN=C(NC(=O)c1cn(C)nc1C(F)(F)F)Nc1n[nH]c2cc(Cl)ccc12. The van der Waals surface area contributed by atoms with Crippen LogP contribution in [0.25, 0.3) is 10.9 Å². The van der Waals surface area contributed by atoms with Crippen LogP contribution in [0.1, 0.15) is 29.9 Å². The Balaban J connectivity index is 1.89. The molecular weight excluding hydrogens is 423 g/mol. The quantitative estimate of drug-likeness (QED) is 0.423. The van der Waals surface area contributed by atoms with E-state index >= 15 is 0 Å². The fraction of sp³-hybridized carbons (Fsp3) is 0.333. The number of alkyl halides is 3. The zero-order valence-electron chi connectivity index (χ0n) is 16.3. The van der Waals surface area contributed by atoms with Crippen molar-refractivity contribution in [3.8, 4) is 0 Å². The number of aromatic amines is 1. The molecule has 1 amide bonds. The van der Waals surface area contributed by atoms with E-state index in [1.165, 1.54) is 7.05 Å². The van der Waals surface area contributed by atoms with E-state index in [2.05, 4.69) is 30.9 Å². The molecule has 0 aliphatic heterocycles. The molecule has 0 saturated carbocycles. The molecule has 160 valence electrons. The number of carbonyl (C=O) groups is 1. The first-order valence-corrected chi connectivity index (χ1v) is 9.29. The fourth-order valence-electron chi connectivity index (χ4n) is 2.62. The summed E-state index contributed by atoms with van der Waals surface area (Å²) >= 11 is 5.96. The number of rotatable bonds is 4. The lowest BCUT2D eigenvalue weighted by atomic mass is 10.2. The van der Waals surface area contributed by atoms with Crippen LogP contribution in [0.2, 0.25) is 5.02 Å². The normalized spacial score (nSPS) is 12.6. The van der Waals surface area contributed by atoms with Crippen LogP contribution in [0.5, 0.6) is 0 Å². The van der Waals surface area contributed by atoms with Gasteiger partial charge in [0.25, 0.3) is 5.91 Å². The van der Waals surface area contributed by atoms with E-state index in [9.17, 15) is 18.0 Å². The number of hydrogen-bond donors (Lipinski definition) is 3. The number of nitrogens with one attached hydrogen (secondary N) is 3. The van der Waals surface area contributed by atoms with Crippen molar-refractivity contribution < 1.29 is 18.0 Å². The minimum atomic E-state index is -4.77. The van der Waals surface area contributed by atoms with Crippen LogP contribution >= 0.6 is 11.6 Å². The van der Waals surface area contributed by atoms with E-state index in [0.29, 0.717) is 28.3 Å². The number of H-pyrrole nitrogens is 1. The number of amides is 1. The highest BCUT2D eigenvalue weighted by molar-refractivity contribution is 6.31. The Labute approximate surface area is 174 Å². The van der Waals surface area contributed by atoms with Crippen molar-refractivity contribution in [3.63, 3.8) is 0 Å². The molecule has 0 radical (unpaired) electrons. The third kappa shape index (κ3) is 4.90. The number of anilines is 1. The molecule has 0 unspecified atom stereocenters. The Morgan fingerprint density at radius 1 is 1.37 bits per heavy atom. The van der Waals surface area contributed by atoms with E-state index < -0.39 is 23.3 Å². The van der Waals surface area contributed by atoms with E-state index in [1.54, 1.807) is 18.2 Å². The summed E-state index contributed by atoms with van der Waals surface area (Å²) in [6.45, 7) is 4.16. The first-order chi connectivity index (χ1) is 14.0. The zero-order chi connectivity index (χ0) is 22.1. The van der Waals surface area contributed by atoms with Gasteiger partial charge < -0.3 is 5.32 Å². The van der Waals surface area contributed by atoms with Crippen molar-refractivity contribution in [1.29, 1.82) is 0 Å². The Morgan fingerprint density at radius 2 is 2.10 bits per heavy atom. The average Bonchev–Trinajstić information content (AvgIpc) is 3.22. The molecule has 0 aliphatic rings. The van der Waals surface area contributed by atoms with Gasteiger partial charge in [-0.2, -0.15) is 23.4 Å². The number of halogens is 4. The molecule has 0 spiro atoms. The van der Waals surface area contributed by atoms with Crippen molar-refractivity contribution in [2.45, 2.75) is 20.0 Å². The van der Waals surface area contributed by atoms with E-state index in [0.717, 1.165) is 10.9 Å². The van der Waals surface area contributed by atoms with Crippen molar-refractivity contribution in [2.75, 3.05) is 11.9 Å². The number of guanidine groups is 1. The van der Waals surface area contributed by atoms with Gasteiger partial charge >= 0.3 is 6.18 Å². The van der Waals surface area contributed by atoms with Crippen LogP contribution in [-0.4, -0.2) is 38.4 Å². The van der Waals surface area contributed by atoms with Crippen LogP contribution < -0.4 is 10.6 Å². The summed E-state index contributed by atoms with van der Waals surface area (Å²) in [6.07, 6.45) is -3.77. The maximum atomic E-state index is 13.2. The second-order valence-electron chi connectivity index (χ2n) is 6.99. The van der Waals surface area contributed by atoms with Gasteiger partial charge in [0.05, 0.1) is 11.1 Å². The number of aliphatic imine (C=N–C) groups is 1. The van der Waals surface area contributed by atoms with Crippen LogP contribution in [0, 0.1) is 5.92 Å². The summed E-state index contributed by atoms with van der Waals surface area (Å²) in [5, 5.41) is 16.7. The van der Waals surface area contributed by atoms with Gasteiger partial charge in [0.1, 0.15) is 0 Å². The molecule has 0 aliphatic carbocycles. The lowest BCUT2D eigenvalue weighted by Crippen LogP contribution is -2.37. The van der Waals surface area contributed by atoms with Crippen LogP contribution in [0.4, 0.5) is 19.0 Å². The summed E-state index contributed by atoms with van der Waals surface area (Å²) in [4.78, 5) is 16.9. The van der Waals surface area contributed by atoms with Gasteiger partial charge in [-0.3, -0.25) is 24.9 Å². The molecule has 8 nitrogen and oxygen atoms in total. The van der Waals surface area contributed by atoms with Gasteiger partial charge in [0.15, 0.2) is 11.5 Å². The number of hydrogen-bond acceptors (Lipinski definition) is 4. The number of fused-ring (bicyclic) bond motifs is 1. The summed E-state index contributed by atoms with van der Waals surface area (Å²) in [6, 6.07) is 5.05. The van der Waals surface area contributed by atoms with Crippen molar-refractivity contribution in [1.82, 2.24) is 25.3 Å². The summed E-state index contributed by atoms with van der Waals surface area (Å²) in [5.74, 6) is -0.536. The zero-order valence-corrected chi connectivity index (χ0v) is 17.1. The molecule has 12 heteroatoms. The Morgan fingerprint density at radius 3 is 2.77 bits per heavy atom. The average molecular weight is 442 g/mol.